The summed E-state index contributed by atoms with van der Waals surface area (Å²) in [6.07, 6.45) is 1.74. The van der Waals surface area contributed by atoms with Gasteiger partial charge in [-0.1, -0.05) is 35.9 Å². The number of ether oxygens (including phenoxy) is 2. The third kappa shape index (κ3) is 5.62. The normalized spacial score (nSPS) is 10.9. The molecule has 0 N–H and O–H groups in total. The zero-order valence-electron chi connectivity index (χ0n) is 16.7. The van der Waals surface area contributed by atoms with Gasteiger partial charge < -0.3 is 9.47 Å². The molecule has 0 unspecified atom stereocenters. The summed E-state index contributed by atoms with van der Waals surface area (Å²) in [5.74, 6) is 1.07. The minimum atomic E-state index is -0.442. The van der Waals surface area contributed by atoms with Gasteiger partial charge in [-0.2, -0.15) is 5.26 Å². The molecule has 3 aromatic rings. The van der Waals surface area contributed by atoms with E-state index in [1.807, 2.05) is 25.1 Å². The van der Waals surface area contributed by atoms with E-state index in [9.17, 15) is 15.4 Å². The summed E-state index contributed by atoms with van der Waals surface area (Å²) in [4.78, 5) is 10.3. The third-order valence-electron chi connectivity index (χ3n) is 4.40. The Labute approximate surface area is 185 Å². The average Bonchev–Trinajstić information content (AvgIpc) is 2.78. The first-order chi connectivity index (χ1) is 15.0. The minimum Gasteiger partial charge on any atom is -0.490 e. The lowest BCUT2D eigenvalue weighted by molar-refractivity contribution is -0.384. The van der Waals surface area contributed by atoms with Crippen LogP contribution in [-0.4, -0.2) is 11.5 Å². The summed E-state index contributed by atoms with van der Waals surface area (Å²) in [6, 6.07) is 20.9. The third-order valence-corrected chi connectivity index (χ3v) is 4.73. The molecule has 0 fully saturated rings. The second-order valence-corrected chi connectivity index (χ2v) is 6.91. The molecule has 0 atom stereocenters. The Morgan fingerprint density at radius 3 is 2.48 bits per heavy atom. The molecule has 0 saturated heterocycles. The van der Waals surface area contributed by atoms with Crippen LogP contribution in [0.25, 0.3) is 11.6 Å². The van der Waals surface area contributed by atoms with Crippen LogP contribution in [0.2, 0.25) is 5.02 Å². The minimum absolute atomic E-state index is 0.0294. The first-order valence-corrected chi connectivity index (χ1v) is 9.89. The lowest BCUT2D eigenvalue weighted by Crippen LogP contribution is -2.00. The molecule has 7 heteroatoms. The number of allylic oxidation sites excluding steroid dienone is 1. The quantitative estimate of drug-likeness (QED) is 0.180. The van der Waals surface area contributed by atoms with Gasteiger partial charge in [0, 0.05) is 22.7 Å². The summed E-state index contributed by atoms with van der Waals surface area (Å²) in [5, 5.41) is 20.9. The van der Waals surface area contributed by atoms with Crippen molar-refractivity contribution in [1.82, 2.24) is 0 Å². The Hall–Kier alpha value is -3.82. The van der Waals surface area contributed by atoms with Crippen molar-refractivity contribution < 1.29 is 14.4 Å². The fraction of sp³-hybridized carbons (Fsp3) is 0.125. The lowest BCUT2D eigenvalue weighted by Gasteiger charge is -2.13. The number of nitrogens with zero attached hydrogens (tertiary/aromatic N) is 2. The van der Waals surface area contributed by atoms with E-state index < -0.39 is 4.92 Å². The molecule has 0 radical (unpaired) electrons. The molecule has 3 rings (SSSR count). The van der Waals surface area contributed by atoms with E-state index in [1.54, 1.807) is 42.5 Å². The standard InChI is InChI=1S/C24H19ClN2O4/c1-2-30-24-14-18(13-19(15-26)21-5-3-4-6-22(21)25)9-12-23(24)31-16-17-7-10-20(11-8-17)27(28)29/h3-14H,2,16H2,1H3. The Morgan fingerprint density at radius 1 is 1.10 bits per heavy atom. The van der Waals surface area contributed by atoms with Crippen molar-refractivity contribution in [3.63, 3.8) is 0 Å². The molecular weight excluding hydrogens is 416 g/mol. The van der Waals surface area contributed by atoms with Crippen LogP contribution in [0, 0.1) is 21.4 Å². The van der Waals surface area contributed by atoms with Crippen LogP contribution in [-0.2, 0) is 6.61 Å². The molecule has 0 spiro atoms. The van der Waals surface area contributed by atoms with Crippen LogP contribution in [0.3, 0.4) is 0 Å². The first-order valence-electron chi connectivity index (χ1n) is 9.51. The molecule has 0 aliphatic carbocycles. The lowest BCUT2D eigenvalue weighted by atomic mass is 10.0. The van der Waals surface area contributed by atoms with E-state index in [2.05, 4.69) is 6.07 Å². The van der Waals surface area contributed by atoms with Crippen molar-refractivity contribution in [3.05, 3.63) is 98.6 Å². The number of non-ortho nitro benzene ring substituents is 1. The van der Waals surface area contributed by atoms with Crippen LogP contribution in [0.5, 0.6) is 11.5 Å². The van der Waals surface area contributed by atoms with E-state index in [0.717, 1.165) is 11.1 Å². The molecule has 31 heavy (non-hydrogen) atoms. The number of rotatable bonds is 8. The van der Waals surface area contributed by atoms with Gasteiger partial charge >= 0.3 is 0 Å². The number of halogens is 1. The highest BCUT2D eigenvalue weighted by molar-refractivity contribution is 6.32. The monoisotopic (exact) mass is 434 g/mol. The van der Waals surface area contributed by atoms with Gasteiger partial charge in [0.25, 0.3) is 5.69 Å². The van der Waals surface area contributed by atoms with Gasteiger partial charge in [0.05, 0.1) is 23.2 Å². The van der Waals surface area contributed by atoms with Gasteiger partial charge in [-0.05, 0) is 54.5 Å². The zero-order chi connectivity index (χ0) is 22.2. The van der Waals surface area contributed by atoms with Crippen LogP contribution in [0.4, 0.5) is 5.69 Å². The van der Waals surface area contributed by atoms with Crippen molar-refractivity contribution in [3.8, 4) is 17.6 Å². The van der Waals surface area contributed by atoms with Crippen LogP contribution in [0.15, 0.2) is 66.7 Å². The molecule has 0 amide bonds. The molecule has 0 aliphatic rings. The van der Waals surface area contributed by atoms with Crippen molar-refractivity contribution in [1.29, 1.82) is 5.26 Å². The zero-order valence-corrected chi connectivity index (χ0v) is 17.5. The van der Waals surface area contributed by atoms with Crippen LogP contribution < -0.4 is 9.47 Å². The van der Waals surface area contributed by atoms with E-state index in [0.29, 0.717) is 34.3 Å². The van der Waals surface area contributed by atoms with E-state index in [1.165, 1.54) is 12.1 Å². The molecule has 0 saturated carbocycles. The van der Waals surface area contributed by atoms with E-state index in [-0.39, 0.29) is 12.3 Å². The Balaban J connectivity index is 1.83. The Bertz CT molecular complexity index is 1150. The Kier molecular flexibility index (Phi) is 7.26. The fourth-order valence-electron chi connectivity index (χ4n) is 2.89. The molecule has 0 bridgehead atoms. The predicted molar refractivity (Wildman–Crippen MR) is 120 cm³/mol. The van der Waals surface area contributed by atoms with Crippen molar-refractivity contribution >= 4 is 28.9 Å². The Morgan fingerprint density at radius 2 is 1.84 bits per heavy atom. The van der Waals surface area contributed by atoms with Crippen molar-refractivity contribution in [2.24, 2.45) is 0 Å². The summed E-state index contributed by atoms with van der Waals surface area (Å²) in [5.41, 5.74) is 2.68. The number of hydrogen-bond donors (Lipinski definition) is 0. The van der Waals surface area contributed by atoms with Gasteiger partial charge in [0.2, 0.25) is 0 Å². The predicted octanol–water partition coefficient (Wildman–Crippen LogP) is 6.29. The highest BCUT2D eigenvalue weighted by Crippen LogP contribution is 2.32. The van der Waals surface area contributed by atoms with E-state index >= 15 is 0 Å². The van der Waals surface area contributed by atoms with Gasteiger partial charge in [-0.15, -0.1) is 0 Å². The smallest absolute Gasteiger partial charge is 0.269 e. The molecule has 0 aromatic heterocycles. The molecule has 6 nitrogen and oxygen atoms in total. The average molecular weight is 435 g/mol. The van der Waals surface area contributed by atoms with Crippen molar-refractivity contribution in [2.45, 2.75) is 13.5 Å². The van der Waals surface area contributed by atoms with Gasteiger partial charge in [0.1, 0.15) is 6.61 Å². The fourth-order valence-corrected chi connectivity index (χ4v) is 3.13. The molecule has 3 aromatic carbocycles. The van der Waals surface area contributed by atoms with E-state index in [4.69, 9.17) is 21.1 Å². The molecule has 0 heterocycles. The molecular formula is C24H19ClN2O4. The number of hydrogen-bond acceptors (Lipinski definition) is 5. The maximum atomic E-state index is 10.8. The number of nitro groups is 1. The summed E-state index contributed by atoms with van der Waals surface area (Å²) >= 11 is 6.22. The first kappa shape index (κ1) is 21.9. The second kappa shape index (κ2) is 10.3. The number of nitriles is 1. The summed E-state index contributed by atoms with van der Waals surface area (Å²) in [6.45, 7) is 2.54. The maximum absolute atomic E-state index is 10.8. The maximum Gasteiger partial charge on any atom is 0.269 e. The summed E-state index contributed by atoms with van der Waals surface area (Å²) in [7, 11) is 0. The second-order valence-electron chi connectivity index (χ2n) is 6.50. The van der Waals surface area contributed by atoms with Gasteiger partial charge in [-0.3, -0.25) is 10.1 Å². The largest absolute Gasteiger partial charge is 0.490 e. The number of benzene rings is 3. The van der Waals surface area contributed by atoms with Gasteiger partial charge in [0.15, 0.2) is 11.5 Å². The molecule has 156 valence electrons. The van der Waals surface area contributed by atoms with Crippen LogP contribution in [0.1, 0.15) is 23.6 Å². The number of nitro benzene ring substituents is 1. The van der Waals surface area contributed by atoms with Crippen LogP contribution >= 0.6 is 11.6 Å². The highest BCUT2D eigenvalue weighted by atomic mass is 35.5. The topological polar surface area (TPSA) is 85.4 Å². The summed E-state index contributed by atoms with van der Waals surface area (Å²) < 4.78 is 11.6. The highest BCUT2D eigenvalue weighted by Gasteiger charge is 2.10. The van der Waals surface area contributed by atoms with Gasteiger partial charge in [-0.25, -0.2) is 0 Å². The van der Waals surface area contributed by atoms with Crippen molar-refractivity contribution in [2.75, 3.05) is 6.61 Å². The SMILES string of the molecule is CCOc1cc(C=C(C#N)c2ccccc2Cl)ccc1OCc1ccc([N+](=O)[O-])cc1. The molecule has 0 aliphatic heterocycles.